The largest absolute Gasteiger partial charge is 0.494 e. The van der Waals surface area contributed by atoms with Crippen molar-refractivity contribution in [3.8, 4) is 17.0 Å². The zero-order valence-corrected chi connectivity index (χ0v) is 11.2. The number of hydrogen-bond acceptors (Lipinski definition) is 3. The Bertz CT molecular complexity index is 755. The van der Waals surface area contributed by atoms with Gasteiger partial charge in [0.05, 0.1) is 0 Å². The molecule has 0 bridgehead atoms. The highest BCUT2D eigenvalue weighted by atomic mass is 16.3. The van der Waals surface area contributed by atoms with Gasteiger partial charge in [0.2, 0.25) is 5.88 Å². The Kier molecular flexibility index (Phi) is 2.78. The van der Waals surface area contributed by atoms with E-state index in [0.717, 1.165) is 12.8 Å². The van der Waals surface area contributed by atoms with Crippen molar-refractivity contribution in [1.29, 1.82) is 0 Å². The first kappa shape index (κ1) is 12.7. The quantitative estimate of drug-likeness (QED) is 0.893. The number of aromatic amines is 1. The van der Waals surface area contributed by atoms with Gasteiger partial charge in [0.1, 0.15) is 5.56 Å². The SMILES string of the molecule is CC1(Cn2c(O)c(-c3ccccc3)c(=O)[nH]c2=O)CC1. The van der Waals surface area contributed by atoms with Crippen LogP contribution in [0.15, 0.2) is 39.9 Å². The Morgan fingerprint density at radius 3 is 2.50 bits per heavy atom. The maximum Gasteiger partial charge on any atom is 0.331 e. The Morgan fingerprint density at radius 2 is 1.90 bits per heavy atom. The van der Waals surface area contributed by atoms with Crippen LogP contribution < -0.4 is 11.2 Å². The van der Waals surface area contributed by atoms with Crippen LogP contribution in [-0.4, -0.2) is 14.7 Å². The third-order valence-electron chi connectivity index (χ3n) is 3.88. The molecule has 20 heavy (non-hydrogen) atoms. The Hall–Kier alpha value is -2.30. The molecule has 1 aliphatic carbocycles. The van der Waals surface area contributed by atoms with E-state index in [-0.39, 0.29) is 16.9 Å². The highest BCUT2D eigenvalue weighted by Gasteiger charge is 2.38. The zero-order chi connectivity index (χ0) is 14.3. The molecule has 0 amide bonds. The Morgan fingerprint density at radius 1 is 1.25 bits per heavy atom. The number of nitrogens with one attached hydrogen (secondary N) is 1. The highest BCUT2D eigenvalue weighted by Crippen LogP contribution is 2.46. The van der Waals surface area contributed by atoms with Crippen molar-refractivity contribution in [2.75, 3.05) is 0 Å². The van der Waals surface area contributed by atoms with Gasteiger partial charge in [-0.3, -0.25) is 14.3 Å². The fraction of sp³-hybridized carbons (Fsp3) is 0.333. The minimum absolute atomic E-state index is 0.0491. The molecule has 5 heteroatoms. The lowest BCUT2D eigenvalue weighted by Gasteiger charge is -2.14. The van der Waals surface area contributed by atoms with E-state index in [1.165, 1.54) is 4.57 Å². The van der Waals surface area contributed by atoms with Crippen LogP contribution in [-0.2, 0) is 6.54 Å². The summed E-state index contributed by atoms with van der Waals surface area (Å²) >= 11 is 0. The van der Waals surface area contributed by atoms with E-state index in [2.05, 4.69) is 11.9 Å². The third-order valence-corrected chi connectivity index (χ3v) is 3.88. The average molecular weight is 272 g/mol. The maximum atomic E-state index is 12.0. The topological polar surface area (TPSA) is 75.1 Å². The van der Waals surface area contributed by atoms with E-state index in [1.54, 1.807) is 24.3 Å². The molecule has 0 spiro atoms. The number of hydrogen-bond donors (Lipinski definition) is 2. The van der Waals surface area contributed by atoms with Crippen LogP contribution in [0.2, 0.25) is 0 Å². The minimum atomic E-state index is -0.559. The summed E-state index contributed by atoms with van der Waals surface area (Å²) in [7, 11) is 0. The minimum Gasteiger partial charge on any atom is -0.494 e. The van der Waals surface area contributed by atoms with Gasteiger partial charge >= 0.3 is 5.69 Å². The van der Waals surface area contributed by atoms with E-state index in [1.807, 2.05) is 6.07 Å². The first-order chi connectivity index (χ1) is 9.50. The molecule has 0 saturated heterocycles. The van der Waals surface area contributed by atoms with Gasteiger partial charge in [0.15, 0.2) is 0 Å². The molecule has 1 saturated carbocycles. The maximum absolute atomic E-state index is 12.0. The molecule has 0 atom stereocenters. The van der Waals surface area contributed by atoms with Gasteiger partial charge in [-0.1, -0.05) is 37.3 Å². The first-order valence-electron chi connectivity index (χ1n) is 6.62. The van der Waals surface area contributed by atoms with Crippen LogP contribution in [0.25, 0.3) is 11.1 Å². The lowest BCUT2D eigenvalue weighted by atomic mass is 10.1. The summed E-state index contributed by atoms with van der Waals surface area (Å²) in [5.41, 5.74) is -0.320. The fourth-order valence-electron chi connectivity index (χ4n) is 2.32. The molecule has 1 fully saturated rings. The molecule has 0 unspecified atom stereocenters. The summed E-state index contributed by atoms with van der Waals surface area (Å²) in [5.74, 6) is -0.252. The molecule has 0 radical (unpaired) electrons. The first-order valence-corrected chi connectivity index (χ1v) is 6.62. The lowest BCUT2D eigenvalue weighted by Crippen LogP contribution is -2.32. The van der Waals surface area contributed by atoms with Gasteiger partial charge < -0.3 is 5.11 Å². The van der Waals surface area contributed by atoms with Crippen molar-refractivity contribution in [3.63, 3.8) is 0 Å². The summed E-state index contributed by atoms with van der Waals surface area (Å²) < 4.78 is 1.26. The molecule has 1 aromatic carbocycles. The van der Waals surface area contributed by atoms with Crippen molar-refractivity contribution in [2.24, 2.45) is 5.41 Å². The molecule has 5 nitrogen and oxygen atoms in total. The third kappa shape index (κ3) is 2.15. The Balaban J connectivity index is 2.18. The molecule has 1 aliphatic rings. The van der Waals surface area contributed by atoms with Crippen LogP contribution >= 0.6 is 0 Å². The van der Waals surface area contributed by atoms with Gasteiger partial charge in [-0.2, -0.15) is 0 Å². The second-order valence-electron chi connectivity index (χ2n) is 5.72. The predicted octanol–water partition coefficient (Wildman–Crippen LogP) is 1.71. The van der Waals surface area contributed by atoms with E-state index in [0.29, 0.717) is 12.1 Å². The van der Waals surface area contributed by atoms with Crippen LogP contribution in [0.1, 0.15) is 19.8 Å². The number of aromatic hydroxyl groups is 1. The zero-order valence-electron chi connectivity index (χ0n) is 11.2. The number of rotatable bonds is 3. The summed E-state index contributed by atoms with van der Waals surface area (Å²) in [6.45, 7) is 2.49. The van der Waals surface area contributed by atoms with Gasteiger partial charge in [-0.15, -0.1) is 0 Å². The molecular weight excluding hydrogens is 256 g/mol. The van der Waals surface area contributed by atoms with Crippen molar-refractivity contribution >= 4 is 0 Å². The van der Waals surface area contributed by atoms with Crippen LogP contribution in [0, 0.1) is 5.41 Å². The fourth-order valence-corrected chi connectivity index (χ4v) is 2.32. The number of H-pyrrole nitrogens is 1. The molecule has 1 heterocycles. The molecule has 0 aliphatic heterocycles. The molecule has 1 aromatic heterocycles. The summed E-state index contributed by atoms with van der Waals surface area (Å²) in [6, 6.07) is 8.86. The van der Waals surface area contributed by atoms with Crippen LogP contribution in [0.5, 0.6) is 5.88 Å². The summed E-state index contributed by atoms with van der Waals surface area (Å²) in [5, 5.41) is 10.3. The lowest BCUT2D eigenvalue weighted by molar-refractivity contribution is 0.361. The van der Waals surface area contributed by atoms with E-state index < -0.39 is 11.2 Å². The number of benzene rings is 1. The van der Waals surface area contributed by atoms with E-state index in [4.69, 9.17) is 0 Å². The predicted molar refractivity (Wildman–Crippen MR) is 75.8 cm³/mol. The van der Waals surface area contributed by atoms with Crippen molar-refractivity contribution in [3.05, 3.63) is 51.2 Å². The van der Waals surface area contributed by atoms with E-state index in [9.17, 15) is 14.7 Å². The average Bonchev–Trinajstić information content (AvgIpc) is 3.14. The Labute approximate surface area is 115 Å². The normalized spacial score (nSPS) is 16.1. The van der Waals surface area contributed by atoms with Crippen molar-refractivity contribution < 1.29 is 5.11 Å². The highest BCUT2D eigenvalue weighted by molar-refractivity contribution is 5.67. The van der Waals surface area contributed by atoms with Crippen molar-refractivity contribution in [2.45, 2.75) is 26.3 Å². The smallest absolute Gasteiger partial charge is 0.331 e. The van der Waals surface area contributed by atoms with Gasteiger partial charge in [0, 0.05) is 6.54 Å². The van der Waals surface area contributed by atoms with Crippen LogP contribution in [0.4, 0.5) is 0 Å². The molecule has 3 rings (SSSR count). The molecule has 104 valence electrons. The second kappa shape index (κ2) is 4.37. The second-order valence-corrected chi connectivity index (χ2v) is 5.72. The number of nitrogens with zero attached hydrogens (tertiary/aromatic N) is 1. The molecule has 2 aromatic rings. The molecular formula is C15H16N2O3. The summed E-state index contributed by atoms with van der Waals surface area (Å²) in [4.78, 5) is 26.2. The van der Waals surface area contributed by atoms with Gasteiger partial charge in [-0.25, -0.2) is 4.79 Å². The molecule has 2 N–H and O–H groups in total. The van der Waals surface area contributed by atoms with Gasteiger partial charge in [-0.05, 0) is 23.8 Å². The van der Waals surface area contributed by atoms with Crippen LogP contribution in [0.3, 0.4) is 0 Å². The monoisotopic (exact) mass is 272 g/mol. The number of aromatic nitrogens is 2. The summed E-state index contributed by atoms with van der Waals surface area (Å²) in [6.07, 6.45) is 2.05. The van der Waals surface area contributed by atoms with E-state index >= 15 is 0 Å². The standard InChI is InChI=1S/C15H16N2O3/c1-15(7-8-15)9-17-13(19)11(12(18)16-14(17)20)10-5-3-2-4-6-10/h2-6,19H,7-9H2,1H3,(H,16,18,20). The van der Waals surface area contributed by atoms with Gasteiger partial charge in [0.25, 0.3) is 5.56 Å². The van der Waals surface area contributed by atoms with Crippen molar-refractivity contribution in [1.82, 2.24) is 9.55 Å².